The fourth-order valence-corrected chi connectivity index (χ4v) is 2.61. The smallest absolute Gasteiger partial charge is 0.130 e. The highest BCUT2D eigenvalue weighted by molar-refractivity contribution is 5.43. The number of rotatable bonds is 4. The minimum absolute atomic E-state index is 0.492. The second-order valence-electron chi connectivity index (χ2n) is 5.67. The molecule has 0 spiro atoms. The van der Waals surface area contributed by atoms with Gasteiger partial charge in [-0.05, 0) is 45.7 Å². The summed E-state index contributed by atoms with van der Waals surface area (Å²) in [6, 6.07) is 4.12. The molecule has 2 rings (SSSR count). The highest BCUT2D eigenvalue weighted by atomic mass is 16.3. The van der Waals surface area contributed by atoms with Gasteiger partial charge in [-0.15, -0.1) is 0 Å². The van der Waals surface area contributed by atoms with Gasteiger partial charge in [0.2, 0.25) is 0 Å². The van der Waals surface area contributed by atoms with Crippen molar-refractivity contribution in [3.8, 4) is 0 Å². The maximum Gasteiger partial charge on any atom is 0.130 e. The third-order valence-electron chi connectivity index (χ3n) is 3.79. The first kappa shape index (κ1) is 14.3. The lowest BCUT2D eigenvalue weighted by Gasteiger charge is -2.23. The molecule has 106 valence electrons. The molecule has 1 saturated heterocycles. The summed E-state index contributed by atoms with van der Waals surface area (Å²) in [7, 11) is 0. The lowest BCUT2D eigenvalue weighted by atomic mass is 9.98. The monoisotopic (exact) mass is 263 g/mol. The van der Waals surface area contributed by atoms with Crippen LogP contribution in [-0.4, -0.2) is 40.2 Å². The Hall–Kier alpha value is -1.13. The normalized spacial score (nSPS) is 25.0. The molecular formula is C15H25N3O. The molecule has 19 heavy (non-hydrogen) atoms. The van der Waals surface area contributed by atoms with E-state index in [9.17, 15) is 5.11 Å². The zero-order chi connectivity index (χ0) is 13.7. The predicted octanol–water partition coefficient (Wildman–Crippen LogP) is 2.25. The molecule has 0 radical (unpaired) electrons. The van der Waals surface area contributed by atoms with E-state index < -0.39 is 5.60 Å². The van der Waals surface area contributed by atoms with Crippen LogP contribution >= 0.6 is 0 Å². The third kappa shape index (κ3) is 4.18. The number of hydrogen-bond acceptors (Lipinski definition) is 4. The average molecular weight is 263 g/mol. The van der Waals surface area contributed by atoms with Crippen LogP contribution in [0.1, 0.15) is 38.7 Å². The zero-order valence-corrected chi connectivity index (χ0v) is 12.0. The number of anilines is 1. The molecule has 4 nitrogen and oxygen atoms in total. The number of nitrogens with one attached hydrogen (secondary N) is 1. The van der Waals surface area contributed by atoms with Crippen molar-refractivity contribution in [2.45, 2.75) is 45.3 Å². The van der Waals surface area contributed by atoms with Crippen molar-refractivity contribution in [1.29, 1.82) is 0 Å². The van der Waals surface area contributed by atoms with Gasteiger partial charge in [0, 0.05) is 31.4 Å². The summed E-state index contributed by atoms with van der Waals surface area (Å²) in [6.07, 6.45) is 4.64. The Morgan fingerprint density at radius 3 is 3.05 bits per heavy atom. The summed E-state index contributed by atoms with van der Waals surface area (Å²) < 4.78 is 0. The molecule has 0 amide bonds. The number of nitrogens with zero attached hydrogens (tertiary/aromatic N) is 2. The molecule has 0 aliphatic carbocycles. The van der Waals surface area contributed by atoms with E-state index in [0.29, 0.717) is 0 Å². The summed E-state index contributed by atoms with van der Waals surface area (Å²) in [5, 5.41) is 13.4. The number of hydrogen-bond donors (Lipinski definition) is 2. The maximum atomic E-state index is 10.1. The van der Waals surface area contributed by atoms with E-state index in [1.165, 1.54) is 5.56 Å². The van der Waals surface area contributed by atoms with E-state index in [2.05, 4.69) is 28.2 Å². The number of aromatic nitrogens is 1. The Morgan fingerprint density at radius 1 is 1.42 bits per heavy atom. The lowest BCUT2D eigenvalue weighted by Crippen LogP contribution is -2.28. The first-order chi connectivity index (χ1) is 9.11. The standard InChI is InChI=1S/C15H25N3O/c1-3-16-14-13(6-4-9-17-14)12-18-10-5-7-15(2,19)8-11-18/h4,6,9,19H,3,5,7-8,10-12H2,1-2H3,(H,16,17). The van der Waals surface area contributed by atoms with E-state index in [4.69, 9.17) is 0 Å². The van der Waals surface area contributed by atoms with Gasteiger partial charge in [0.05, 0.1) is 5.60 Å². The highest BCUT2D eigenvalue weighted by Crippen LogP contribution is 2.23. The Morgan fingerprint density at radius 2 is 2.26 bits per heavy atom. The Bertz CT molecular complexity index is 406. The van der Waals surface area contributed by atoms with Crippen LogP contribution in [0.4, 0.5) is 5.82 Å². The second-order valence-corrected chi connectivity index (χ2v) is 5.67. The number of pyridine rings is 1. The molecule has 1 aliphatic rings. The van der Waals surface area contributed by atoms with Crippen LogP contribution in [0.3, 0.4) is 0 Å². The quantitative estimate of drug-likeness (QED) is 0.875. The van der Waals surface area contributed by atoms with Crippen molar-refractivity contribution in [3.63, 3.8) is 0 Å². The van der Waals surface area contributed by atoms with Gasteiger partial charge in [-0.2, -0.15) is 0 Å². The third-order valence-corrected chi connectivity index (χ3v) is 3.79. The first-order valence-corrected chi connectivity index (χ1v) is 7.23. The minimum atomic E-state index is -0.492. The Labute approximate surface area is 115 Å². The summed E-state index contributed by atoms with van der Waals surface area (Å²) in [6.45, 7) is 7.83. The Kier molecular flexibility index (Phi) is 4.77. The van der Waals surface area contributed by atoms with Crippen LogP contribution in [-0.2, 0) is 6.54 Å². The van der Waals surface area contributed by atoms with Gasteiger partial charge in [-0.1, -0.05) is 6.07 Å². The largest absolute Gasteiger partial charge is 0.390 e. The molecular weight excluding hydrogens is 238 g/mol. The molecule has 4 heteroatoms. The van der Waals surface area contributed by atoms with E-state index in [1.54, 1.807) is 0 Å². The Balaban J connectivity index is 2.01. The van der Waals surface area contributed by atoms with Crippen molar-refractivity contribution in [3.05, 3.63) is 23.9 Å². The topological polar surface area (TPSA) is 48.4 Å². The molecule has 0 saturated carbocycles. The molecule has 2 N–H and O–H groups in total. The van der Waals surface area contributed by atoms with Crippen LogP contribution in [0, 0.1) is 0 Å². The molecule has 1 atom stereocenters. The van der Waals surface area contributed by atoms with E-state index >= 15 is 0 Å². The SMILES string of the molecule is CCNc1ncccc1CN1CCCC(C)(O)CC1. The molecule has 0 bridgehead atoms. The summed E-state index contributed by atoms with van der Waals surface area (Å²) >= 11 is 0. The molecule has 2 heterocycles. The zero-order valence-electron chi connectivity index (χ0n) is 12.0. The first-order valence-electron chi connectivity index (χ1n) is 7.23. The lowest BCUT2D eigenvalue weighted by molar-refractivity contribution is 0.0444. The van der Waals surface area contributed by atoms with Crippen LogP contribution in [0.25, 0.3) is 0 Å². The van der Waals surface area contributed by atoms with Crippen molar-refractivity contribution in [2.75, 3.05) is 25.0 Å². The highest BCUT2D eigenvalue weighted by Gasteiger charge is 2.25. The van der Waals surface area contributed by atoms with Crippen molar-refractivity contribution < 1.29 is 5.11 Å². The van der Waals surface area contributed by atoms with Crippen LogP contribution < -0.4 is 5.32 Å². The van der Waals surface area contributed by atoms with Gasteiger partial charge in [0.1, 0.15) is 5.82 Å². The molecule has 0 aromatic carbocycles. The van der Waals surface area contributed by atoms with Crippen LogP contribution in [0.2, 0.25) is 0 Å². The number of aliphatic hydroxyl groups is 1. The van der Waals surface area contributed by atoms with Gasteiger partial charge in [-0.3, -0.25) is 4.90 Å². The fraction of sp³-hybridized carbons (Fsp3) is 0.667. The van der Waals surface area contributed by atoms with Crippen LogP contribution in [0.15, 0.2) is 18.3 Å². The summed E-state index contributed by atoms with van der Waals surface area (Å²) in [5.74, 6) is 0.987. The molecule has 1 unspecified atom stereocenters. The van der Waals surface area contributed by atoms with Gasteiger partial charge < -0.3 is 10.4 Å². The summed E-state index contributed by atoms with van der Waals surface area (Å²) in [5.41, 5.74) is 0.750. The van der Waals surface area contributed by atoms with E-state index in [-0.39, 0.29) is 0 Å². The van der Waals surface area contributed by atoms with Gasteiger partial charge in [-0.25, -0.2) is 4.98 Å². The number of likely N-dealkylation sites (tertiary alicyclic amines) is 1. The van der Waals surface area contributed by atoms with Gasteiger partial charge >= 0.3 is 0 Å². The van der Waals surface area contributed by atoms with Crippen molar-refractivity contribution >= 4 is 5.82 Å². The van der Waals surface area contributed by atoms with Crippen LogP contribution in [0.5, 0.6) is 0 Å². The van der Waals surface area contributed by atoms with E-state index in [1.807, 2.05) is 19.2 Å². The van der Waals surface area contributed by atoms with E-state index in [0.717, 1.165) is 51.3 Å². The van der Waals surface area contributed by atoms with Gasteiger partial charge in [0.25, 0.3) is 0 Å². The molecule has 1 aromatic rings. The van der Waals surface area contributed by atoms with Crippen molar-refractivity contribution in [1.82, 2.24) is 9.88 Å². The summed E-state index contributed by atoms with van der Waals surface area (Å²) in [4.78, 5) is 6.81. The maximum absolute atomic E-state index is 10.1. The predicted molar refractivity (Wildman–Crippen MR) is 78.2 cm³/mol. The molecule has 1 aromatic heterocycles. The van der Waals surface area contributed by atoms with Crippen molar-refractivity contribution in [2.24, 2.45) is 0 Å². The van der Waals surface area contributed by atoms with Gasteiger partial charge in [0.15, 0.2) is 0 Å². The molecule has 1 aliphatic heterocycles. The minimum Gasteiger partial charge on any atom is -0.390 e. The fourth-order valence-electron chi connectivity index (χ4n) is 2.61. The average Bonchev–Trinajstić information content (AvgIpc) is 2.54. The molecule has 1 fully saturated rings. The second kappa shape index (κ2) is 6.35.